The molecule has 9 aromatic carbocycles. The van der Waals surface area contributed by atoms with E-state index in [1.54, 1.807) is 0 Å². The smallest absolute Gasteiger partial charge is 0.160 e. The van der Waals surface area contributed by atoms with Gasteiger partial charge >= 0.3 is 0 Å². The summed E-state index contributed by atoms with van der Waals surface area (Å²) in [6.45, 7) is 0. The van der Waals surface area contributed by atoms with E-state index in [2.05, 4.69) is 170 Å². The summed E-state index contributed by atoms with van der Waals surface area (Å²) in [6, 6.07) is 76.0. The Balaban J connectivity index is 1.01. The molecule has 302 valence electrons. The second-order valence-corrected chi connectivity index (χ2v) is 18.1. The van der Waals surface area contributed by atoms with Gasteiger partial charge in [-0.25, -0.2) is 15.0 Å². The van der Waals surface area contributed by atoms with Gasteiger partial charge in [0.05, 0.1) is 28.0 Å². The molecule has 0 fully saturated rings. The Morgan fingerprint density at radius 2 is 1.00 bits per heavy atom. The summed E-state index contributed by atoms with van der Waals surface area (Å²) in [6.07, 6.45) is 0. The molecule has 3 aromatic heterocycles. The van der Waals surface area contributed by atoms with E-state index in [0.717, 1.165) is 77.6 Å². The van der Waals surface area contributed by atoms with Crippen LogP contribution in [0.15, 0.2) is 227 Å². The van der Waals surface area contributed by atoms with E-state index >= 15 is 0 Å². The Labute approximate surface area is 378 Å². The van der Waals surface area contributed by atoms with Crippen molar-refractivity contribution in [2.75, 3.05) is 0 Å². The van der Waals surface area contributed by atoms with E-state index in [-0.39, 0.29) is 0 Å². The van der Waals surface area contributed by atoms with E-state index in [0.29, 0.717) is 5.82 Å². The van der Waals surface area contributed by atoms with Crippen molar-refractivity contribution in [2.24, 2.45) is 0 Å². The number of fused-ring (bicyclic) bond motifs is 15. The Kier molecular flexibility index (Phi) is 7.80. The van der Waals surface area contributed by atoms with Gasteiger partial charge < -0.3 is 4.42 Å². The van der Waals surface area contributed by atoms with Crippen molar-refractivity contribution in [3.8, 4) is 56.3 Å². The van der Waals surface area contributed by atoms with Crippen LogP contribution in [0.25, 0.3) is 99.9 Å². The number of aromatic nitrogens is 3. The van der Waals surface area contributed by atoms with Crippen LogP contribution in [-0.4, -0.2) is 15.0 Å². The molecular weight excluding hydrogens is 811 g/mol. The fourth-order valence-corrected chi connectivity index (χ4v) is 12.0. The first-order valence-corrected chi connectivity index (χ1v) is 22.8. The molecule has 0 radical (unpaired) electrons. The zero-order chi connectivity index (χ0) is 42.6. The van der Waals surface area contributed by atoms with E-state index in [9.17, 15) is 0 Å². The first kappa shape index (κ1) is 36.4. The Morgan fingerprint density at radius 1 is 0.369 bits per heavy atom. The molecule has 1 spiro atoms. The van der Waals surface area contributed by atoms with Crippen molar-refractivity contribution in [2.45, 2.75) is 15.2 Å². The third kappa shape index (κ3) is 5.30. The molecule has 0 amide bonds. The van der Waals surface area contributed by atoms with Crippen molar-refractivity contribution in [3.05, 3.63) is 235 Å². The molecule has 4 nitrogen and oxygen atoms in total. The summed E-state index contributed by atoms with van der Waals surface area (Å²) < 4.78 is 6.33. The average molecular weight is 846 g/mol. The fraction of sp³-hybridized carbons (Fsp3) is 0.0167. The molecule has 0 saturated heterocycles. The van der Waals surface area contributed by atoms with Gasteiger partial charge in [0, 0.05) is 53.6 Å². The molecule has 14 rings (SSSR count). The summed E-state index contributed by atoms with van der Waals surface area (Å²) in [7, 11) is 0. The lowest BCUT2D eigenvalue weighted by Gasteiger charge is -2.39. The van der Waals surface area contributed by atoms with Gasteiger partial charge in [0.15, 0.2) is 5.82 Å². The van der Waals surface area contributed by atoms with Gasteiger partial charge in [-0.1, -0.05) is 169 Å². The molecule has 2 aliphatic rings. The summed E-state index contributed by atoms with van der Waals surface area (Å²) in [4.78, 5) is 18.6. The van der Waals surface area contributed by atoms with Gasteiger partial charge in [0.1, 0.15) is 11.2 Å². The largest absolute Gasteiger partial charge is 0.456 e. The molecule has 0 saturated carbocycles. The van der Waals surface area contributed by atoms with E-state index < -0.39 is 5.41 Å². The lowest BCUT2D eigenvalue weighted by Crippen LogP contribution is -2.31. The molecule has 1 aliphatic heterocycles. The van der Waals surface area contributed by atoms with Crippen molar-refractivity contribution in [1.29, 1.82) is 0 Å². The highest BCUT2D eigenvalue weighted by atomic mass is 32.2. The van der Waals surface area contributed by atoms with Gasteiger partial charge in [0.25, 0.3) is 0 Å². The van der Waals surface area contributed by atoms with Crippen LogP contribution >= 0.6 is 11.8 Å². The lowest BCUT2D eigenvalue weighted by molar-refractivity contribution is 0.669. The quantitative estimate of drug-likeness (QED) is 0.165. The topological polar surface area (TPSA) is 51.8 Å². The maximum atomic E-state index is 6.33. The van der Waals surface area contributed by atoms with Crippen LogP contribution in [-0.2, 0) is 5.41 Å². The summed E-state index contributed by atoms with van der Waals surface area (Å²) in [5, 5.41) is 5.54. The first-order chi connectivity index (χ1) is 32.2. The van der Waals surface area contributed by atoms with Crippen LogP contribution in [0.1, 0.15) is 22.3 Å². The summed E-state index contributed by atoms with van der Waals surface area (Å²) in [5.41, 5.74) is 16.5. The summed E-state index contributed by atoms with van der Waals surface area (Å²) in [5.74, 6) is 0.662. The molecule has 65 heavy (non-hydrogen) atoms. The maximum Gasteiger partial charge on any atom is 0.160 e. The predicted molar refractivity (Wildman–Crippen MR) is 265 cm³/mol. The van der Waals surface area contributed by atoms with Crippen LogP contribution in [0.2, 0.25) is 0 Å². The van der Waals surface area contributed by atoms with Crippen molar-refractivity contribution in [3.63, 3.8) is 0 Å². The average Bonchev–Trinajstić information content (AvgIpc) is 3.89. The van der Waals surface area contributed by atoms with Gasteiger partial charge in [-0.3, -0.25) is 0 Å². The van der Waals surface area contributed by atoms with Crippen LogP contribution in [0.5, 0.6) is 0 Å². The Bertz CT molecular complexity index is 3900. The number of nitrogens with zero attached hydrogens (tertiary/aromatic N) is 3. The van der Waals surface area contributed by atoms with E-state index in [1.807, 2.05) is 54.2 Å². The minimum absolute atomic E-state index is 0.475. The third-order valence-corrected chi connectivity index (χ3v) is 14.7. The highest BCUT2D eigenvalue weighted by Crippen LogP contribution is 2.63. The van der Waals surface area contributed by atoms with Crippen LogP contribution < -0.4 is 0 Å². The highest BCUT2D eigenvalue weighted by Gasteiger charge is 2.50. The number of pyridine rings is 1. The fourth-order valence-electron chi connectivity index (χ4n) is 10.8. The highest BCUT2D eigenvalue weighted by molar-refractivity contribution is 7.99. The predicted octanol–water partition coefficient (Wildman–Crippen LogP) is 15.6. The SMILES string of the molecule is c1ccc(-c2nc(-c3cccc(-c4nc5ccccc5c5cc6c(cc45)-c4ccccc4C64c5ccccc5Sc5ccccc54)c3)cc(-c3cccc4oc5ccccc5c34)n2)cc1. The normalized spacial score (nSPS) is 13.3. The molecule has 0 N–H and O–H groups in total. The summed E-state index contributed by atoms with van der Waals surface area (Å²) >= 11 is 1.87. The van der Waals surface area contributed by atoms with Gasteiger partial charge in [-0.2, -0.15) is 0 Å². The molecule has 0 unspecified atom stereocenters. The standard InChI is InChI=1S/C60H35N3OS/c1-2-16-36(17-3-1)59-62-51(35-52(63-59)41-23-15-29-54-57(41)42-22-6-11-28-53(42)64-54)37-18-14-19-38(32-37)58-45-33-44-39-20-4-7-24-46(39)60(49(44)34-43(45)40-21-5-10-27-50(40)61-58)47-25-8-12-30-55(47)65-56-31-13-9-26-48(56)60/h1-35H. The van der Waals surface area contributed by atoms with Crippen molar-refractivity contribution < 1.29 is 4.42 Å². The zero-order valence-corrected chi connectivity index (χ0v) is 35.7. The van der Waals surface area contributed by atoms with Crippen molar-refractivity contribution >= 4 is 55.4 Å². The minimum Gasteiger partial charge on any atom is -0.456 e. The van der Waals surface area contributed by atoms with E-state index in [4.69, 9.17) is 19.4 Å². The number of hydrogen-bond acceptors (Lipinski definition) is 5. The van der Waals surface area contributed by atoms with E-state index in [1.165, 1.54) is 48.6 Å². The van der Waals surface area contributed by atoms with Crippen LogP contribution in [0, 0.1) is 0 Å². The third-order valence-electron chi connectivity index (χ3n) is 13.5. The zero-order valence-electron chi connectivity index (χ0n) is 34.9. The number of furan rings is 1. The molecule has 12 aromatic rings. The Hall–Kier alpha value is -8.12. The molecule has 0 bridgehead atoms. The van der Waals surface area contributed by atoms with Crippen LogP contribution in [0.3, 0.4) is 0 Å². The van der Waals surface area contributed by atoms with Crippen molar-refractivity contribution in [1.82, 2.24) is 15.0 Å². The number of benzene rings is 9. The lowest BCUT2D eigenvalue weighted by atomic mass is 9.67. The number of rotatable bonds is 4. The van der Waals surface area contributed by atoms with Gasteiger partial charge in [-0.15, -0.1) is 0 Å². The molecular formula is C60H35N3OS. The van der Waals surface area contributed by atoms with Crippen LogP contribution in [0.4, 0.5) is 0 Å². The minimum atomic E-state index is -0.475. The second kappa shape index (κ2) is 13.9. The monoisotopic (exact) mass is 845 g/mol. The maximum absolute atomic E-state index is 6.33. The molecule has 0 atom stereocenters. The molecule has 5 heteroatoms. The molecule has 4 heterocycles. The second-order valence-electron chi connectivity index (χ2n) is 17.0. The molecule has 1 aliphatic carbocycles. The van der Waals surface area contributed by atoms with Gasteiger partial charge in [-0.05, 0) is 93.4 Å². The Morgan fingerprint density at radius 3 is 1.85 bits per heavy atom. The van der Waals surface area contributed by atoms with Gasteiger partial charge in [0.2, 0.25) is 0 Å². The number of hydrogen-bond donors (Lipinski definition) is 0. The first-order valence-electron chi connectivity index (χ1n) is 22.0. The number of para-hydroxylation sites is 2.